The highest BCUT2D eigenvalue weighted by atomic mass is 16.5. The van der Waals surface area contributed by atoms with Crippen LogP contribution in [0.3, 0.4) is 0 Å². The molecule has 0 aliphatic carbocycles. The van der Waals surface area contributed by atoms with E-state index in [9.17, 15) is 14.7 Å². The number of aliphatic hydroxyl groups excluding tert-OH is 1. The highest BCUT2D eigenvalue weighted by Gasteiger charge is 2.46. The van der Waals surface area contributed by atoms with Crippen LogP contribution >= 0.6 is 0 Å². The van der Waals surface area contributed by atoms with Crippen molar-refractivity contribution in [3.8, 4) is 11.5 Å². The zero-order valence-corrected chi connectivity index (χ0v) is 20.2. The molecule has 7 heteroatoms. The van der Waals surface area contributed by atoms with Crippen LogP contribution in [0.15, 0.2) is 54.1 Å². The summed E-state index contributed by atoms with van der Waals surface area (Å²) in [5.41, 5.74) is 1.16. The van der Waals surface area contributed by atoms with E-state index in [-0.39, 0.29) is 24.5 Å². The van der Waals surface area contributed by atoms with Crippen LogP contribution in [0.25, 0.3) is 5.76 Å². The van der Waals surface area contributed by atoms with E-state index in [2.05, 4.69) is 13.8 Å². The van der Waals surface area contributed by atoms with Gasteiger partial charge in [-0.2, -0.15) is 0 Å². The van der Waals surface area contributed by atoms with Crippen LogP contribution in [0, 0.1) is 5.92 Å². The molecule has 0 aromatic heterocycles. The van der Waals surface area contributed by atoms with Gasteiger partial charge in [0, 0.05) is 19.2 Å². The summed E-state index contributed by atoms with van der Waals surface area (Å²) in [5, 5.41) is 11.2. The van der Waals surface area contributed by atoms with Crippen molar-refractivity contribution in [1.29, 1.82) is 0 Å². The molecule has 2 aromatic carbocycles. The first-order valence-corrected chi connectivity index (χ1v) is 11.6. The third-order valence-electron chi connectivity index (χ3n) is 5.65. The molecule has 2 aromatic rings. The monoisotopic (exact) mass is 467 g/mol. The summed E-state index contributed by atoms with van der Waals surface area (Å²) < 4.78 is 16.5. The van der Waals surface area contributed by atoms with Gasteiger partial charge in [-0.25, -0.2) is 0 Å². The molecule has 7 nitrogen and oxygen atoms in total. The topological polar surface area (TPSA) is 85.3 Å². The Bertz CT molecular complexity index is 1030. The maximum absolute atomic E-state index is 13.1. The van der Waals surface area contributed by atoms with E-state index in [1.807, 2.05) is 31.2 Å². The maximum Gasteiger partial charge on any atom is 0.295 e. The lowest BCUT2D eigenvalue weighted by Crippen LogP contribution is -2.32. The Morgan fingerprint density at radius 1 is 1.03 bits per heavy atom. The van der Waals surface area contributed by atoms with Gasteiger partial charge in [0.2, 0.25) is 0 Å². The number of ether oxygens (including phenoxy) is 3. The number of hydrogen-bond donors (Lipinski definition) is 1. The predicted octanol–water partition coefficient (Wildman–Crippen LogP) is 4.58. The molecule has 1 atom stereocenters. The molecular formula is C27H33NO6. The molecule has 34 heavy (non-hydrogen) atoms. The molecule has 1 N–H and O–H groups in total. The molecule has 1 fully saturated rings. The first-order valence-electron chi connectivity index (χ1n) is 11.6. The van der Waals surface area contributed by atoms with Gasteiger partial charge in [0.05, 0.1) is 31.4 Å². The quantitative estimate of drug-likeness (QED) is 0.296. The number of ketones is 1. The number of amides is 1. The number of rotatable bonds is 11. The second-order valence-electron chi connectivity index (χ2n) is 8.55. The summed E-state index contributed by atoms with van der Waals surface area (Å²) >= 11 is 0. The summed E-state index contributed by atoms with van der Waals surface area (Å²) in [4.78, 5) is 27.5. The number of Topliss-reactive ketones (excluding diaryl/α,β-unsaturated/α-hetero) is 1. The number of carbonyl (C=O) groups is 2. The van der Waals surface area contributed by atoms with Crippen molar-refractivity contribution < 1.29 is 28.9 Å². The van der Waals surface area contributed by atoms with Gasteiger partial charge >= 0.3 is 0 Å². The molecule has 1 amide bonds. The fraction of sp³-hybridized carbons (Fsp3) is 0.407. The molecule has 1 aliphatic heterocycles. The number of likely N-dealkylation sites (tertiary alicyclic amines) is 1. The Morgan fingerprint density at radius 2 is 1.76 bits per heavy atom. The number of aliphatic hydroxyl groups is 1. The first-order chi connectivity index (χ1) is 16.4. The highest BCUT2D eigenvalue weighted by Crippen LogP contribution is 2.40. The molecule has 1 aliphatic rings. The van der Waals surface area contributed by atoms with Gasteiger partial charge in [0.15, 0.2) is 0 Å². The van der Waals surface area contributed by atoms with Crippen LogP contribution in [0.5, 0.6) is 11.5 Å². The van der Waals surface area contributed by atoms with E-state index in [0.717, 1.165) is 6.42 Å². The van der Waals surface area contributed by atoms with Crippen molar-refractivity contribution in [2.24, 2.45) is 5.92 Å². The molecule has 1 heterocycles. The molecule has 0 saturated carbocycles. The SMILES string of the molecule is CCOc1ccc(/C(O)=C2/C(=O)C(=O)N(CCOC)C2c2cccc(OCCC(C)C)c2)cc1. The number of hydrogen-bond acceptors (Lipinski definition) is 6. The zero-order valence-electron chi connectivity index (χ0n) is 20.2. The molecule has 0 radical (unpaired) electrons. The molecule has 3 rings (SSSR count). The van der Waals surface area contributed by atoms with Crippen molar-refractivity contribution in [3.05, 3.63) is 65.2 Å². The van der Waals surface area contributed by atoms with Gasteiger partial charge in [0.1, 0.15) is 17.3 Å². The smallest absolute Gasteiger partial charge is 0.295 e. The maximum atomic E-state index is 13.1. The minimum absolute atomic E-state index is 0.0459. The molecule has 0 bridgehead atoms. The van der Waals surface area contributed by atoms with Gasteiger partial charge in [-0.3, -0.25) is 9.59 Å². The average molecular weight is 468 g/mol. The second-order valence-corrected chi connectivity index (χ2v) is 8.55. The first kappa shape index (κ1) is 25.3. The second kappa shape index (κ2) is 11.7. The van der Waals surface area contributed by atoms with Crippen molar-refractivity contribution >= 4 is 17.4 Å². The van der Waals surface area contributed by atoms with E-state index in [1.54, 1.807) is 24.3 Å². The van der Waals surface area contributed by atoms with Gasteiger partial charge in [-0.15, -0.1) is 0 Å². The molecule has 1 saturated heterocycles. The Morgan fingerprint density at radius 3 is 2.41 bits per heavy atom. The van der Waals surface area contributed by atoms with E-state index in [1.165, 1.54) is 12.0 Å². The minimum atomic E-state index is -0.754. The Balaban J connectivity index is 2.02. The third kappa shape index (κ3) is 5.78. The average Bonchev–Trinajstić information content (AvgIpc) is 3.08. The fourth-order valence-corrected chi connectivity index (χ4v) is 3.86. The predicted molar refractivity (Wildman–Crippen MR) is 130 cm³/mol. The van der Waals surface area contributed by atoms with Gasteiger partial charge in [-0.05, 0) is 61.2 Å². The van der Waals surface area contributed by atoms with Crippen LogP contribution in [0.1, 0.15) is 44.4 Å². The lowest BCUT2D eigenvalue weighted by atomic mass is 9.95. The fourth-order valence-electron chi connectivity index (χ4n) is 3.86. The minimum Gasteiger partial charge on any atom is -0.507 e. The zero-order chi connectivity index (χ0) is 24.7. The highest BCUT2D eigenvalue weighted by molar-refractivity contribution is 6.46. The molecular weight excluding hydrogens is 434 g/mol. The number of benzene rings is 2. The molecule has 182 valence electrons. The van der Waals surface area contributed by atoms with Gasteiger partial charge < -0.3 is 24.2 Å². The Labute approximate surface area is 200 Å². The summed E-state index contributed by atoms with van der Waals surface area (Å²) in [6.07, 6.45) is 0.911. The number of methoxy groups -OCH3 is 1. The van der Waals surface area contributed by atoms with E-state index < -0.39 is 17.7 Å². The molecule has 1 unspecified atom stereocenters. The van der Waals surface area contributed by atoms with Gasteiger partial charge in [-0.1, -0.05) is 26.0 Å². The lowest BCUT2D eigenvalue weighted by molar-refractivity contribution is -0.140. The van der Waals surface area contributed by atoms with Crippen LogP contribution in [-0.2, 0) is 14.3 Å². The normalized spacial score (nSPS) is 17.4. The van der Waals surface area contributed by atoms with Crippen LogP contribution < -0.4 is 9.47 Å². The van der Waals surface area contributed by atoms with Crippen molar-refractivity contribution in [2.75, 3.05) is 33.5 Å². The van der Waals surface area contributed by atoms with Gasteiger partial charge in [0.25, 0.3) is 11.7 Å². The van der Waals surface area contributed by atoms with E-state index >= 15 is 0 Å². The summed E-state index contributed by atoms with van der Waals surface area (Å²) in [7, 11) is 1.54. The van der Waals surface area contributed by atoms with Crippen LogP contribution in [0.2, 0.25) is 0 Å². The Hall–Kier alpha value is -3.32. The summed E-state index contributed by atoms with van der Waals surface area (Å²) in [5.74, 6) is 0.203. The van der Waals surface area contributed by atoms with Crippen molar-refractivity contribution in [2.45, 2.75) is 33.2 Å². The van der Waals surface area contributed by atoms with Crippen LogP contribution in [0.4, 0.5) is 0 Å². The standard InChI is InChI=1S/C27H33NO6/c1-5-33-21-11-9-19(10-12-21)25(29)23-24(28(14-16-32-4)27(31)26(23)30)20-7-6-8-22(17-20)34-15-13-18(2)3/h6-12,17-18,24,29H,5,13-16H2,1-4H3/b25-23-. The number of carbonyl (C=O) groups excluding carboxylic acids is 2. The van der Waals surface area contributed by atoms with E-state index in [0.29, 0.717) is 41.8 Å². The molecule has 0 spiro atoms. The Kier molecular flexibility index (Phi) is 8.71. The summed E-state index contributed by atoms with van der Waals surface area (Å²) in [6, 6.07) is 13.4. The van der Waals surface area contributed by atoms with E-state index in [4.69, 9.17) is 14.2 Å². The van der Waals surface area contributed by atoms with Crippen LogP contribution in [-0.4, -0.2) is 55.2 Å². The van der Waals surface area contributed by atoms with Crippen molar-refractivity contribution in [3.63, 3.8) is 0 Å². The lowest BCUT2D eigenvalue weighted by Gasteiger charge is -2.25. The number of nitrogens with zero attached hydrogens (tertiary/aromatic N) is 1. The largest absolute Gasteiger partial charge is 0.507 e. The van der Waals surface area contributed by atoms with Crippen molar-refractivity contribution in [1.82, 2.24) is 4.90 Å². The third-order valence-corrected chi connectivity index (χ3v) is 5.65. The summed E-state index contributed by atoms with van der Waals surface area (Å²) in [6.45, 7) is 7.70.